The van der Waals surface area contributed by atoms with E-state index in [2.05, 4.69) is 0 Å². The highest BCUT2D eigenvalue weighted by molar-refractivity contribution is 5.82. The lowest BCUT2D eigenvalue weighted by Crippen LogP contribution is -2.44. The molecule has 3 aliphatic rings. The van der Waals surface area contributed by atoms with E-state index >= 15 is 0 Å². The molecule has 1 saturated heterocycles. The highest BCUT2D eigenvalue weighted by Gasteiger charge is 2.37. The topological polar surface area (TPSA) is 46.6 Å². The van der Waals surface area contributed by atoms with Crippen LogP contribution in [0.15, 0.2) is 0 Å². The number of hydrogen-bond acceptors (Lipinski definition) is 3. The van der Waals surface area contributed by atoms with Gasteiger partial charge in [-0.3, -0.25) is 9.59 Å². The van der Waals surface area contributed by atoms with E-state index in [-0.39, 0.29) is 29.8 Å². The van der Waals surface area contributed by atoms with Gasteiger partial charge >= 0.3 is 5.97 Å². The average Bonchev–Trinajstić information content (AvgIpc) is 3.32. The predicted molar refractivity (Wildman–Crippen MR) is 75.0 cm³/mol. The second kappa shape index (κ2) is 6.15. The van der Waals surface area contributed by atoms with Gasteiger partial charge in [0.25, 0.3) is 0 Å². The molecule has 1 amide bonds. The van der Waals surface area contributed by atoms with E-state index in [0.29, 0.717) is 6.54 Å². The zero-order valence-electron chi connectivity index (χ0n) is 12.2. The molecular formula is C16H25NO3. The van der Waals surface area contributed by atoms with E-state index in [1.807, 2.05) is 4.90 Å². The van der Waals surface area contributed by atoms with E-state index in [0.717, 1.165) is 45.1 Å². The third-order valence-corrected chi connectivity index (χ3v) is 4.83. The van der Waals surface area contributed by atoms with Gasteiger partial charge < -0.3 is 9.64 Å². The second-order valence-electron chi connectivity index (χ2n) is 6.59. The Balaban J connectivity index is 1.50. The molecule has 1 heterocycles. The summed E-state index contributed by atoms with van der Waals surface area (Å²) in [6, 6.07) is 0. The van der Waals surface area contributed by atoms with Crippen molar-refractivity contribution in [3.63, 3.8) is 0 Å². The van der Waals surface area contributed by atoms with Crippen LogP contribution in [0, 0.1) is 11.8 Å². The number of likely N-dealkylation sites (tertiary alicyclic amines) is 1. The summed E-state index contributed by atoms with van der Waals surface area (Å²) in [4.78, 5) is 26.2. The molecule has 20 heavy (non-hydrogen) atoms. The standard InChI is InChI=1S/C16H25NO3/c18-15(12-8-9-12)17-10-4-5-13(11-17)16(19)20-14-6-2-1-3-7-14/h12-14H,1-11H2/t13-/m0/s1. The fraction of sp³-hybridized carbons (Fsp3) is 0.875. The summed E-state index contributed by atoms with van der Waals surface area (Å²) in [5, 5.41) is 0. The molecule has 0 spiro atoms. The van der Waals surface area contributed by atoms with Crippen LogP contribution in [0.4, 0.5) is 0 Å². The lowest BCUT2D eigenvalue weighted by Gasteiger charge is -2.33. The fourth-order valence-corrected chi connectivity index (χ4v) is 3.40. The number of amides is 1. The zero-order valence-corrected chi connectivity index (χ0v) is 12.2. The molecule has 0 aromatic heterocycles. The Hall–Kier alpha value is -1.06. The molecule has 4 nitrogen and oxygen atoms in total. The van der Waals surface area contributed by atoms with E-state index in [1.165, 1.54) is 19.3 Å². The van der Waals surface area contributed by atoms with Gasteiger partial charge in [0, 0.05) is 19.0 Å². The third-order valence-electron chi connectivity index (χ3n) is 4.83. The van der Waals surface area contributed by atoms with E-state index in [4.69, 9.17) is 4.74 Å². The van der Waals surface area contributed by atoms with Gasteiger partial charge in [-0.25, -0.2) is 0 Å². The van der Waals surface area contributed by atoms with Crippen LogP contribution in [-0.4, -0.2) is 36.0 Å². The maximum absolute atomic E-state index is 12.3. The first-order chi connectivity index (χ1) is 9.74. The van der Waals surface area contributed by atoms with E-state index in [1.54, 1.807) is 0 Å². The van der Waals surface area contributed by atoms with Crippen LogP contribution in [0.2, 0.25) is 0 Å². The summed E-state index contributed by atoms with van der Waals surface area (Å²) in [6.45, 7) is 1.41. The molecule has 0 radical (unpaired) electrons. The number of ether oxygens (including phenoxy) is 1. The monoisotopic (exact) mass is 279 g/mol. The van der Waals surface area contributed by atoms with Gasteiger partial charge in [-0.15, -0.1) is 0 Å². The van der Waals surface area contributed by atoms with Crippen LogP contribution in [-0.2, 0) is 14.3 Å². The summed E-state index contributed by atoms with van der Waals surface area (Å²) >= 11 is 0. The van der Waals surface area contributed by atoms with Crippen LogP contribution in [0.3, 0.4) is 0 Å². The second-order valence-corrected chi connectivity index (χ2v) is 6.59. The molecular weight excluding hydrogens is 254 g/mol. The van der Waals surface area contributed by atoms with Gasteiger partial charge in [0.15, 0.2) is 0 Å². The quantitative estimate of drug-likeness (QED) is 0.746. The van der Waals surface area contributed by atoms with Crippen molar-refractivity contribution in [2.45, 2.75) is 63.9 Å². The van der Waals surface area contributed by atoms with Crippen LogP contribution < -0.4 is 0 Å². The number of esters is 1. The Morgan fingerprint density at radius 2 is 1.60 bits per heavy atom. The van der Waals surface area contributed by atoms with Crippen molar-refractivity contribution >= 4 is 11.9 Å². The van der Waals surface area contributed by atoms with Gasteiger partial charge in [-0.05, 0) is 51.4 Å². The number of rotatable bonds is 3. The smallest absolute Gasteiger partial charge is 0.311 e. The Morgan fingerprint density at radius 1 is 0.850 bits per heavy atom. The van der Waals surface area contributed by atoms with Crippen molar-refractivity contribution in [2.24, 2.45) is 11.8 Å². The minimum atomic E-state index is -0.0895. The summed E-state index contributed by atoms with van der Waals surface area (Å²) in [6.07, 6.45) is 9.66. The third kappa shape index (κ3) is 3.33. The molecule has 0 bridgehead atoms. The van der Waals surface area contributed by atoms with Crippen LogP contribution in [0.5, 0.6) is 0 Å². The van der Waals surface area contributed by atoms with Gasteiger partial charge in [0.05, 0.1) is 5.92 Å². The summed E-state index contributed by atoms with van der Waals surface area (Å²) in [5.74, 6) is 0.363. The van der Waals surface area contributed by atoms with Crippen LogP contribution >= 0.6 is 0 Å². The molecule has 0 N–H and O–H groups in total. The minimum absolute atomic E-state index is 0.0646. The summed E-state index contributed by atoms with van der Waals surface area (Å²) in [7, 11) is 0. The molecule has 1 atom stereocenters. The molecule has 0 aromatic rings. The molecule has 2 aliphatic carbocycles. The predicted octanol–water partition coefficient (Wildman–Crippen LogP) is 2.51. The molecule has 0 unspecified atom stereocenters. The molecule has 4 heteroatoms. The highest BCUT2D eigenvalue weighted by atomic mass is 16.5. The lowest BCUT2D eigenvalue weighted by atomic mass is 9.96. The SMILES string of the molecule is O=C(OC1CCCCC1)[C@H]1CCCN(C(=O)C2CC2)C1. The zero-order chi connectivity index (χ0) is 13.9. The molecule has 112 valence electrons. The maximum Gasteiger partial charge on any atom is 0.311 e. The fourth-order valence-electron chi connectivity index (χ4n) is 3.40. The first-order valence-corrected chi connectivity index (χ1v) is 8.23. The van der Waals surface area contributed by atoms with Crippen molar-refractivity contribution in [3.8, 4) is 0 Å². The van der Waals surface area contributed by atoms with Gasteiger partial charge in [0.1, 0.15) is 6.10 Å². The van der Waals surface area contributed by atoms with Crippen molar-refractivity contribution in [2.75, 3.05) is 13.1 Å². The van der Waals surface area contributed by atoms with E-state index < -0.39 is 0 Å². The maximum atomic E-state index is 12.3. The molecule has 2 saturated carbocycles. The first kappa shape index (κ1) is 13.9. The Morgan fingerprint density at radius 3 is 2.30 bits per heavy atom. The Labute approximate surface area is 120 Å². The summed E-state index contributed by atoms with van der Waals surface area (Å²) in [5.41, 5.74) is 0. The number of hydrogen-bond donors (Lipinski definition) is 0. The number of carbonyl (C=O) groups excluding carboxylic acids is 2. The van der Waals surface area contributed by atoms with Crippen LogP contribution in [0.25, 0.3) is 0 Å². The number of piperidine rings is 1. The molecule has 0 aromatic carbocycles. The molecule has 1 aliphatic heterocycles. The minimum Gasteiger partial charge on any atom is -0.462 e. The highest BCUT2D eigenvalue weighted by Crippen LogP contribution is 2.33. The Bertz CT molecular complexity index is 372. The number of nitrogens with zero attached hydrogens (tertiary/aromatic N) is 1. The van der Waals surface area contributed by atoms with Gasteiger partial charge in [-0.2, -0.15) is 0 Å². The van der Waals surface area contributed by atoms with Crippen molar-refractivity contribution in [1.29, 1.82) is 0 Å². The van der Waals surface area contributed by atoms with Crippen molar-refractivity contribution in [3.05, 3.63) is 0 Å². The Kier molecular flexibility index (Phi) is 4.27. The average molecular weight is 279 g/mol. The molecule has 3 rings (SSSR count). The first-order valence-electron chi connectivity index (χ1n) is 8.23. The lowest BCUT2D eigenvalue weighted by molar-refractivity contribution is -0.158. The number of carbonyl (C=O) groups is 2. The summed E-state index contributed by atoms with van der Waals surface area (Å²) < 4.78 is 5.66. The van der Waals surface area contributed by atoms with Gasteiger partial charge in [-0.1, -0.05) is 6.42 Å². The van der Waals surface area contributed by atoms with Crippen LogP contribution in [0.1, 0.15) is 57.8 Å². The molecule has 3 fully saturated rings. The largest absolute Gasteiger partial charge is 0.462 e. The van der Waals surface area contributed by atoms with E-state index in [9.17, 15) is 9.59 Å². The van der Waals surface area contributed by atoms with Gasteiger partial charge in [0.2, 0.25) is 5.91 Å². The van der Waals surface area contributed by atoms with Crippen molar-refractivity contribution in [1.82, 2.24) is 4.90 Å². The normalized spacial score (nSPS) is 28.2. The van der Waals surface area contributed by atoms with Crippen molar-refractivity contribution < 1.29 is 14.3 Å².